The summed E-state index contributed by atoms with van der Waals surface area (Å²) in [7, 11) is 0. The zero-order valence-electron chi connectivity index (χ0n) is 16.3. The number of nitrogens with one attached hydrogen (secondary N) is 1. The van der Waals surface area contributed by atoms with E-state index in [2.05, 4.69) is 5.32 Å². The number of nitrogens with zero attached hydrogens (tertiary/aromatic N) is 2. The van der Waals surface area contributed by atoms with Crippen LogP contribution in [0.5, 0.6) is 0 Å². The fraction of sp³-hybridized carbons (Fsp3) is 0.238. The highest BCUT2D eigenvalue weighted by atomic mass is 32.2. The molecule has 0 saturated heterocycles. The monoisotopic (exact) mass is 427 g/mol. The lowest BCUT2D eigenvalue weighted by molar-refractivity contribution is -0.139. The Hall–Kier alpha value is -3.33. The summed E-state index contributed by atoms with van der Waals surface area (Å²) in [6.07, 6.45) is 2.05. The molecule has 4 amide bonds. The number of rotatable bonds is 8. The number of hydrogen-bond acceptors (Lipinski definition) is 5. The first-order chi connectivity index (χ1) is 14.4. The summed E-state index contributed by atoms with van der Waals surface area (Å²) in [5.41, 5.74) is 1.08. The van der Waals surface area contributed by atoms with Gasteiger partial charge in [-0.15, -0.1) is 0 Å². The number of imide groups is 1. The van der Waals surface area contributed by atoms with Gasteiger partial charge in [0.1, 0.15) is 6.04 Å². The minimum atomic E-state index is -1.18. The number of aliphatic carboxylic acids is 1. The number of benzene rings is 2. The Labute approximate surface area is 177 Å². The SMILES string of the molecule is CSCC[C@H](NC(=O)N(Cc1ccccc1)N1C(=O)c2ccccc2C1=O)C(=O)O. The van der Waals surface area contributed by atoms with Crippen LogP contribution in [0.15, 0.2) is 54.6 Å². The molecule has 2 N–H and O–H groups in total. The Morgan fingerprint density at radius 1 is 1.03 bits per heavy atom. The maximum Gasteiger partial charge on any atom is 0.337 e. The van der Waals surface area contributed by atoms with E-state index in [9.17, 15) is 24.3 Å². The lowest BCUT2D eigenvalue weighted by Gasteiger charge is -2.31. The standard InChI is InChI=1S/C21H21N3O5S/c1-30-12-11-17(20(27)28)22-21(29)23(13-14-7-3-2-4-8-14)24-18(25)15-9-5-6-10-16(15)19(24)26/h2-10,17H,11-13H2,1H3,(H,22,29)(H,27,28)/t17-/m0/s1. The van der Waals surface area contributed by atoms with Gasteiger partial charge in [0.05, 0.1) is 17.7 Å². The molecule has 8 nitrogen and oxygen atoms in total. The summed E-state index contributed by atoms with van der Waals surface area (Å²) in [6.45, 7) is -0.0764. The molecule has 0 radical (unpaired) electrons. The Morgan fingerprint density at radius 2 is 1.60 bits per heavy atom. The van der Waals surface area contributed by atoms with Crippen molar-refractivity contribution in [3.63, 3.8) is 0 Å². The molecule has 0 aromatic heterocycles. The topological polar surface area (TPSA) is 107 Å². The molecule has 0 aliphatic carbocycles. The lowest BCUT2D eigenvalue weighted by atomic mass is 10.1. The van der Waals surface area contributed by atoms with Gasteiger partial charge in [-0.05, 0) is 36.1 Å². The number of thioether (sulfide) groups is 1. The summed E-state index contributed by atoms with van der Waals surface area (Å²) in [4.78, 5) is 50.4. The smallest absolute Gasteiger partial charge is 0.337 e. The number of hydrogen-bond donors (Lipinski definition) is 2. The van der Waals surface area contributed by atoms with E-state index in [1.807, 2.05) is 6.26 Å². The van der Waals surface area contributed by atoms with Gasteiger partial charge >= 0.3 is 12.0 Å². The van der Waals surface area contributed by atoms with Crippen molar-refractivity contribution in [2.75, 3.05) is 12.0 Å². The number of carboxylic acids is 1. The third kappa shape index (κ3) is 4.46. The van der Waals surface area contributed by atoms with Crippen LogP contribution in [-0.4, -0.2) is 57.0 Å². The van der Waals surface area contributed by atoms with Crippen molar-refractivity contribution >= 4 is 35.6 Å². The minimum absolute atomic E-state index is 0.0764. The molecule has 0 spiro atoms. The van der Waals surface area contributed by atoms with Gasteiger partial charge in [-0.25, -0.2) is 14.6 Å². The summed E-state index contributed by atoms with van der Waals surface area (Å²) in [5.74, 6) is -1.90. The highest BCUT2D eigenvalue weighted by Gasteiger charge is 2.41. The third-order valence-corrected chi connectivity index (χ3v) is 5.27. The van der Waals surface area contributed by atoms with E-state index in [4.69, 9.17) is 0 Å². The molecule has 9 heteroatoms. The van der Waals surface area contributed by atoms with Crippen LogP contribution in [0.3, 0.4) is 0 Å². The Kier molecular flexibility index (Phi) is 6.73. The molecule has 156 valence electrons. The van der Waals surface area contributed by atoms with Gasteiger partial charge in [0.2, 0.25) is 0 Å². The second-order valence-corrected chi connectivity index (χ2v) is 7.62. The highest BCUT2D eigenvalue weighted by molar-refractivity contribution is 7.98. The predicted molar refractivity (Wildman–Crippen MR) is 112 cm³/mol. The fourth-order valence-corrected chi connectivity index (χ4v) is 3.57. The predicted octanol–water partition coefficient (Wildman–Crippen LogP) is 2.62. The molecule has 2 aromatic carbocycles. The molecule has 1 aliphatic heterocycles. The molecular formula is C21H21N3O5S. The Morgan fingerprint density at radius 3 is 2.13 bits per heavy atom. The first-order valence-electron chi connectivity index (χ1n) is 9.25. The number of fused-ring (bicyclic) bond motifs is 1. The summed E-state index contributed by atoms with van der Waals surface area (Å²) < 4.78 is 0. The van der Waals surface area contributed by atoms with E-state index in [1.54, 1.807) is 42.5 Å². The second kappa shape index (κ2) is 9.45. The molecule has 0 fully saturated rings. The van der Waals surface area contributed by atoms with Gasteiger partial charge in [0.15, 0.2) is 0 Å². The third-order valence-electron chi connectivity index (χ3n) is 4.63. The molecule has 0 unspecified atom stereocenters. The molecule has 1 atom stereocenters. The van der Waals surface area contributed by atoms with Gasteiger partial charge < -0.3 is 10.4 Å². The van der Waals surface area contributed by atoms with Crippen molar-refractivity contribution in [1.29, 1.82) is 0 Å². The van der Waals surface area contributed by atoms with Gasteiger partial charge in [-0.3, -0.25) is 9.59 Å². The van der Waals surface area contributed by atoms with Gasteiger partial charge in [-0.2, -0.15) is 16.8 Å². The van der Waals surface area contributed by atoms with Crippen molar-refractivity contribution < 1.29 is 24.3 Å². The highest BCUT2D eigenvalue weighted by Crippen LogP contribution is 2.25. The average molecular weight is 427 g/mol. The van der Waals surface area contributed by atoms with Crippen LogP contribution in [0.4, 0.5) is 4.79 Å². The van der Waals surface area contributed by atoms with Gasteiger partial charge in [-0.1, -0.05) is 42.5 Å². The largest absolute Gasteiger partial charge is 0.480 e. The molecule has 3 rings (SSSR count). The van der Waals surface area contributed by atoms with Crippen LogP contribution in [0, 0.1) is 0 Å². The molecule has 1 heterocycles. The average Bonchev–Trinajstić information content (AvgIpc) is 3.00. The first-order valence-corrected chi connectivity index (χ1v) is 10.6. The molecule has 0 saturated carbocycles. The zero-order chi connectivity index (χ0) is 21.7. The van der Waals surface area contributed by atoms with Crippen molar-refractivity contribution in [2.24, 2.45) is 0 Å². The fourth-order valence-electron chi connectivity index (χ4n) is 3.10. The van der Waals surface area contributed by atoms with Crippen LogP contribution in [0.1, 0.15) is 32.7 Å². The number of carbonyl (C=O) groups excluding carboxylic acids is 3. The quantitative estimate of drug-likeness (QED) is 0.627. The molecule has 0 bridgehead atoms. The number of carboxylic acid groups (broad SMARTS) is 1. The minimum Gasteiger partial charge on any atom is -0.480 e. The molecule has 2 aromatic rings. The number of carbonyl (C=O) groups is 4. The summed E-state index contributed by atoms with van der Waals surface area (Å²) in [6, 6.07) is 13.2. The lowest BCUT2D eigenvalue weighted by Crippen LogP contribution is -2.55. The van der Waals surface area contributed by atoms with Crippen molar-refractivity contribution in [3.05, 3.63) is 71.3 Å². The second-order valence-electron chi connectivity index (χ2n) is 6.63. The summed E-state index contributed by atoms with van der Waals surface area (Å²) >= 11 is 1.46. The zero-order valence-corrected chi connectivity index (χ0v) is 17.1. The molecule has 1 aliphatic rings. The first kappa shape index (κ1) is 21.4. The van der Waals surface area contributed by atoms with E-state index < -0.39 is 29.9 Å². The van der Waals surface area contributed by atoms with Gasteiger partial charge in [0.25, 0.3) is 11.8 Å². The van der Waals surface area contributed by atoms with Gasteiger partial charge in [0, 0.05) is 0 Å². The van der Waals surface area contributed by atoms with Crippen molar-refractivity contribution in [3.8, 4) is 0 Å². The van der Waals surface area contributed by atoms with E-state index in [0.717, 1.165) is 10.0 Å². The van der Waals surface area contributed by atoms with E-state index in [1.165, 1.54) is 23.9 Å². The van der Waals surface area contributed by atoms with Crippen LogP contribution >= 0.6 is 11.8 Å². The summed E-state index contributed by atoms with van der Waals surface area (Å²) in [5, 5.41) is 13.6. The molecule has 30 heavy (non-hydrogen) atoms. The normalized spacial score (nSPS) is 13.7. The maximum absolute atomic E-state index is 13.1. The number of urea groups is 1. The molecular weight excluding hydrogens is 406 g/mol. The van der Waals surface area contributed by atoms with Crippen LogP contribution in [-0.2, 0) is 11.3 Å². The van der Waals surface area contributed by atoms with Crippen LogP contribution in [0.25, 0.3) is 0 Å². The van der Waals surface area contributed by atoms with Crippen LogP contribution < -0.4 is 5.32 Å². The van der Waals surface area contributed by atoms with E-state index in [-0.39, 0.29) is 24.1 Å². The number of hydrazine groups is 1. The Balaban J connectivity index is 1.91. The van der Waals surface area contributed by atoms with E-state index >= 15 is 0 Å². The van der Waals surface area contributed by atoms with Crippen molar-refractivity contribution in [2.45, 2.75) is 19.0 Å². The van der Waals surface area contributed by atoms with Crippen LogP contribution in [0.2, 0.25) is 0 Å². The van der Waals surface area contributed by atoms with Crippen molar-refractivity contribution in [1.82, 2.24) is 15.3 Å². The maximum atomic E-state index is 13.1. The number of amides is 4. The van der Waals surface area contributed by atoms with E-state index in [0.29, 0.717) is 11.3 Å². The Bertz CT molecular complexity index is 931.